The predicted octanol–water partition coefficient (Wildman–Crippen LogP) is 1.98. The third kappa shape index (κ3) is 2.98. The molecule has 0 saturated carbocycles. The lowest BCUT2D eigenvalue weighted by atomic mass is 9.99. The number of carbonyl (C=O) groups excluding carboxylic acids is 1. The zero-order valence-electron chi connectivity index (χ0n) is 16.0. The SMILES string of the molecule is COc1ccc(S(=O)(=O)N2CCc3c(n(C)c4ccccc34)[C@@H]2C(=O)NO)cc1. The third-order valence-corrected chi connectivity index (χ3v) is 7.29. The Morgan fingerprint density at radius 3 is 2.52 bits per heavy atom. The Labute approximate surface area is 168 Å². The van der Waals surface area contributed by atoms with Crippen LogP contribution in [0.25, 0.3) is 10.9 Å². The second-order valence-electron chi connectivity index (χ2n) is 6.86. The van der Waals surface area contributed by atoms with Gasteiger partial charge >= 0.3 is 0 Å². The molecule has 2 aromatic carbocycles. The van der Waals surface area contributed by atoms with E-state index in [1.54, 1.807) is 24.7 Å². The van der Waals surface area contributed by atoms with Gasteiger partial charge < -0.3 is 9.30 Å². The van der Waals surface area contributed by atoms with E-state index in [1.165, 1.54) is 19.2 Å². The molecule has 1 aromatic heterocycles. The Morgan fingerprint density at radius 2 is 1.86 bits per heavy atom. The molecule has 0 bridgehead atoms. The smallest absolute Gasteiger partial charge is 0.267 e. The van der Waals surface area contributed by atoms with E-state index in [9.17, 15) is 18.4 Å². The molecule has 4 rings (SSSR count). The summed E-state index contributed by atoms with van der Waals surface area (Å²) in [4.78, 5) is 12.7. The third-order valence-electron chi connectivity index (χ3n) is 5.41. The van der Waals surface area contributed by atoms with Gasteiger partial charge in [0, 0.05) is 30.2 Å². The summed E-state index contributed by atoms with van der Waals surface area (Å²) in [6.45, 7) is 0.119. The van der Waals surface area contributed by atoms with E-state index in [2.05, 4.69) is 0 Å². The zero-order valence-corrected chi connectivity index (χ0v) is 16.8. The number of methoxy groups -OCH3 is 1. The maximum absolute atomic E-state index is 13.4. The first-order chi connectivity index (χ1) is 13.9. The number of sulfonamides is 1. The second-order valence-corrected chi connectivity index (χ2v) is 8.75. The molecule has 1 atom stereocenters. The number of hydroxylamine groups is 1. The minimum absolute atomic E-state index is 0.0521. The number of aryl methyl sites for hydroxylation is 1. The maximum Gasteiger partial charge on any atom is 0.267 e. The monoisotopic (exact) mass is 415 g/mol. The Kier molecular flexibility index (Phi) is 4.81. The van der Waals surface area contributed by atoms with Gasteiger partial charge in [-0.1, -0.05) is 18.2 Å². The summed E-state index contributed by atoms with van der Waals surface area (Å²) < 4.78 is 34.8. The number of aromatic nitrogens is 1. The molecule has 152 valence electrons. The molecule has 2 N–H and O–H groups in total. The highest BCUT2D eigenvalue weighted by Gasteiger charge is 2.43. The van der Waals surface area contributed by atoms with Crippen molar-refractivity contribution >= 4 is 26.8 Å². The van der Waals surface area contributed by atoms with Crippen LogP contribution in [-0.2, 0) is 28.3 Å². The lowest BCUT2D eigenvalue weighted by Crippen LogP contribution is -2.47. The van der Waals surface area contributed by atoms with Gasteiger partial charge in [0.25, 0.3) is 5.91 Å². The predicted molar refractivity (Wildman–Crippen MR) is 106 cm³/mol. The van der Waals surface area contributed by atoms with Gasteiger partial charge in [-0.05, 0) is 42.3 Å². The van der Waals surface area contributed by atoms with Crippen LogP contribution in [0.2, 0.25) is 0 Å². The van der Waals surface area contributed by atoms with E-state index in [1.807, 2.05) is 28.8 Å². The Morgan fingerprint density at radius 1 is 1.17 bits per heavy atom. The van der Waals surface area contributed by atoms with Gasteiger partial charge in [0.1, 0.15) is 11.8 Å². The summed E-state index contributed by atoms with van der Waals surface area (Å²) in [6, 6.07) is 12.5. The average molecular weight is 415 g/mol. The first-order valence-electron chi connectivity index (χ1n) is 9.06. The van der Waals surface area contributed by atoms with E-state index < -0.39 is 22.0 Å². The Hall–Kier alpha value is -2.88. The van der Waals surface area contributed by atoms with Crippen LogP contribution in [0, 0.1) is 0 Å². The molecule has 0 spiro atoms. The van der Waals surface area contributed by atoms with E-state index in [4.69, 9.17) is 4.74 Å². The summed E-state index contributed by atoms with van der Waals surface area (Å²) in [5.41, 5.74) is 4.01. The molecule has 2 heterocycles. The van der Waals surface area contributed by atoms with E-state index in [0.717, 1.165) is 20.8 Å². The molecule has 0 radical (unpaired) electrons. The summed E-state index contributed by atoms with van der Waals surface area (Å²) >= 11 is 0. The number of carbonyl (C=O) groups is 1. The number of hydrogen-bond donors (Lipinski definition) is 2. The van der Waals surface area contributed by atoms with E-state index in [-0.39, 0.29) is 11.4 Å². The van der Waals surface area contributed by atoms with Crippen LogP contribution in [0.15, 0.2) is 53.4 Å². The standard InChI is InChI=1S/C20H21N3O5S/c1-22-17-6-4-3-5-15(17)16-11-12-23(19(18(16)22)20(24)21-25)29(26,27)14-9-7-13(28-2)8-10-14/h3-10,19,25H,11-12H2,1-2H3,(H,21,24)/t19-/m1/s1. The average Bonchev–Trinajstić information content (AvgIpc) is 3.05. The van der Waals surface area contributed by atoms with Gasteiger partial charge in [-0.2, -0.15) is 4.31 Å². The molecular weight excluding hydrogens is 394 g/mol. The molecule has 0 saturated heterocycles. The van der Waals surface area contributed by atoms with Crippen LogP contribution >= 0.6 is 0 Å². The van der Waals surface area contributed by atoms with Crippen molar-refractivity contribution in [1.29, 1.82) is 0 Å². The number of ether oxygens (including phenoxy) is 1. The minimum atomic E-state index is -4.00. The van der Waals surface area contributed by atoms with E-state index >= 15 is 0 Å². The number of amides is 1. The van der Waals surface area contributed by atoms with Crippen LogP contribution in [0.1, 0.15) is 17.3 Å². The van der Waals surface area contributed by atoms with Gasteiger partial charge in [0.2, 0.25) is 10.0 Å². The van der Waals surface area contributed by atoms with Gasteiger partial charge in [0.05, 0.1) is 12.0 Å². The van der Waals surface area contributed by atoms with E-state index in [0.29, 0.717) is 17.9 Å². The molecule has 8 nitrogen and oxygen atoms in total. The molecule has 1 amide bonds. The highest BCUT2D eigenvalue weighted by atomic mass is 32.2. The van der Waals surface area contributed by atoms with Crippen LogP contribution < -0.4 is 10.2 Å². The largest absolute Gasteiger partial charge is 0.497 e. The number of hydrogen-bond acceptors (Lipinski definition) is 5. The van der Waals surface area contributed by atoms with Crippen LogP contribution in [-0.4, -0.2) is 42.1 Å². The summed E-state index contributed by atoms with van der Waals surface area (Å²) in [6.07, 6.45) is 0.460. The van der Waals surface area contributed by atoms with Gasteiger partial charge in [-0.3, -0.25) is 10.0 Å². The fourth-order valence-corrected chi connectivity index (χ4v) is 5.60. The second kappa shape index (κ2) is 7.18. The quantitative estimate of drug-likeness (QED) is 0.501. The van der Waals surface area contributed by atoms with Crippen LogP contribution in [0.5, 0.6) is 5.75 Å². The first kappa shape index (κ1) is 19.4. The highest BCUT2D eigenvalue weighted by molar-refractivity contribution is 7.89. The molecule has 3 aromatic rings. The summed E-state index contributed by atoms with van der Waals surface area (Å²) in [5, 5.41) is 10.3. The molecular formula is C20H21N3O5S. The molecule has 0 fully saturated rings. The number of para-hydroxylation sites is 1. The van der Waals surface area contributed by atoms with Gasteiger partial charge in [-0.25, -0.2) is 13.9 Å². The molecule has 1 aliphatic heterocycles. The van der Waals surface area contributed by atoms with Crippen LogP contribution in [0.3, 0.4) is 0 Å². The molecule has 9 heteroatoms. The number of benzene rings is 2. The van der Waals surface area contributed by atoms with Gasteiger partial charge in [0.15, 0.2) is 0 Å². The van der Waals surface area contributed by atoms with Gasteiger partial charge in [-0.15, -0.1) is 0 Å². The lowest BCUT2D eigenvalue weighted by Gasteiger charge is -2.34. The lowest BCUT2D eigenvalue weighted by molar-refractivity contribution is -0.133. The molecule has 0 aliphatic carbocycles. The van der Waals surface area contributed by atoms with Crippen molar-refractivity contribution in [2.24, 2.45) is 7.05 Å². The Balaban J connectivity index is 1.87. The first-order valence-corrected chi connectivity index (χ1v) is 10.5. The number of nitrogens with zero attached hydrogens (tertiary/aromatic N) is 2. The number of nitrogens with one attached hydrogen (secondary N) is 1. The van der Waals surface area contributed by atoms with Crippen molar-refractivity contribution in [1.82, 2.24) is 14.4 Å². The molecule has 1 aliphatic rings. The highest BCUT2D eigenvalue weighted by Crippen LogP contribution is 2.39. The van der Waals surface area contributed by atoms with Crippen molar-refractivity contribution in [3.63, 3.8) is 0 Å². The Bertz CT molecular complexity index is 1180. The maximum atomic E-state index is 13.4. The fourth-order valence-electron chi connectivity index (χ4n) is 4.05. The topological polar surface area (TPSA) is 101 Å². The van der Waals surface area contributed by atoms with Crippen molar-refractivity contribution in [3.05, 3.63) is 59.8 Å². The fraction of sp³-hybridized carbons (Fsp3) is 0.250. The minimum Gasteiger partial charge on any atom is -0.497 e. The zero-order chi connectivity index (χ0) is 20.8. The number of fused-ring (bicyclic) bond motifs is 3. The molecule has 29 heavy (non-hydrogen) atoms. The van der Waals surface area contributed by atoms with Crippen molar-refractivity contribution in [3.8, 4) is 5.75 Å². The summed E-state index contributed by atoms with van der Waals surface area (Å²) in [5.74, 6) is -0.267. The van der Waals surface area contributed by atoms with Crippen LogP contribution in [0.4, 0.5) is 0 Å². The van der Waals surface area contributed by atoms with Crippen molar-refractivity contribution in [2.45, 2.75) is 17.4 Å². The normalized spacial score (nSPS) is 17.1. The van der Waals surface area contributed by atoms with Crippen molar-refractivity contribution < 1.29 is 23.2 Å². The van der Waals surface area contributed by atoms with Crippen molar-refractivity contribution in [2.75, 3.05) is 13.7 Å². The summed E-state index contributed by atoms with van der Waals surface area (Å²) in [7, 11) is -0.704. The molecule has 0 unspecified atom stereocenters. The number of rotatable bonds is 4.